The minimum atomic E-state index is -0.370. The van der Waals surface area contributed by atoms with Gasteiger partial charge in [0.25, 0.3) is 0 Å². The van der Waals surface area contributed by atoms with Gasteiger partial charge in [0.05, 0.1) is 18.2 Å². The van der Waals surface area contributed by atoms with E-state index in [0.29, 0.717) is 35.3 Å². The Morgan fingerprint density at radius 3 is 2.77 bits per heavy atom. The molecule has 0 fully saturated rings. The van der Waals surface area contributed by atoms with Crippen molar-refractivity contribution >= 4 is 41.5 Å². The molecule has 0 spiro atoms. The van der Waals surface area contributed by atoms with Gasteiger partial charge < -0.3 is 10.6 Å². The summed E-state index contributed by atoms with van der Waals surface area (Å²) < 4.78 is 13.8. The fraction of sp³-hybridized carbons (Fsp3) is 0.278. The Morgan fingerprint density at radius 1 is 1.31 bits per heavy atom. The third-order valence-corrected chi connectivity index (χ3v) is 3.64. The summed E-state index contributed by atoms with van der Waals surface area (Å²) in [5.74, 6) is 0.219. The lowest BCUT2D eigenvalue weighted by Gasteiger charge is -2.11. The Balaban J connectivity index is 0.00000338. The monoisotopic (exact) mass is 487 g/mol. The fourth-order valence-electron chi connectivity index (χ4n) is 2.15. The van der Waals surface area contributed by atoms with Gasteiger partial charge in [-0.25, -0.2) is 14.4 Å². The van der Waals surface area contributed by atoms with Crippen molar-refractivity contribution in [1.29, 1.82) is 5.26 Å². The second kappa shape index (κ2) is 11.6. The molecule has 0 aliphatic heterocycles. The van der Waals surface area contributed by atoms with Crippen molar-refractivity contribution in [3.63, 3.8) is 0 Å². The van der Waals surface area contributed by atoms with Crippen LogP contribution in [0.2, 0.25) is 5.15 Å². The van der Waals surface area contributed by atoms with E-state index in [1.165, 1.54) is 18.2 Å². The quantitative estimate of drug-likeness (QED) is 0.282. The van der Waals surface area contributed by atoms with Crippen LogP contribution >= 0.6 is 35.6 Å². The summed E-state index contributed by atoms with van der Waals surface area (Å²) in [6.45, 7) is 3.45. The maximum Gasteiger partial charge on any atom is 0.191 e. The third kappa shape index (κ3) is 7.14. The van der Waals surface area contributed by atoms with Crippen molar-refractivity contribution in [3.8, 4) is 6.07 Å². The second-order valence-corrected chi connectivity index (χ2v) is 5.67. The highest BCUT2D eigenvalue weighted by atomic mass is 127. The topological polar surface area (TPSA) is 73.1 Å². The Bertz CT molecular complexity index is 774. The van der Waals surface area contributed by atoms with E-state index in [-0.39, 0.29) is 36.3 Å². The lowest BCUT2D eigenvalue weighted by Crippen LogP contribution is -2.38. The summed E-state index contributed by atoms with van der Waals surface area (Å²) in [6, 6.07) is 9.93. The molecule has 1 aromatic carbocycles. The van der Waals surface area contributed by atoms with E-state index < -0.39 is 0 Å². The molecule has 0 radical (unpaired) electrons. The van der Waals surface area contributed by atoms with Gasteiger partial charge in [-0.05, 0) is 43.2 Å². The number of aromatic nitrogens is 1. The van der Waals surface area contributed by atoms with Crippen molar-refractivity contribution in [2.24, 2.45) is 4.99 Å². The summed E-state index contributed by atoms with van der Waals surface area (Å²) in [5, 5.41) is 15.7. The minimum absolute atomic E-state index is 0. The predicted octanol–water partition coefficient (Wildman–Crippen LogP) is 3.66. The number of hydrogen-bond acceptors (Lipinski definition) is 3. The zero-order valence-corrected chi connectivity index (χ0v) is 17.4. The van der Waals surface area contributed by atoms with Crippen LogP contribution in [0.25, 0.3) is 0 Å². The van der Waals surface area contributed by atoms with Gasteiger partial charge in [0.1, 0.15) is 11.0 Å². The Hall–Kier alpha value is -1.92. The van der Waals surface area contributed by atoms with Gasteiger partial charge in [-0.15, -0.1) is 24.0 Å². The molecule has 26 heavy (non-hydrogen) atoms. The highest BCUT2D eigenvalue weighted by Gasteiger charge is 2.04. The summed E-state index contributed by atoms with van der Waals surface area (Å²) in [4.78, 5) is 8.41. The SMILES string of the molecule is CCNC(=NCc1cc(C#N)ccc1F)NCCc1ccc(Cl)nc1.I. The maximum absolute atomic E-state index is 13.8. The molecule has 8 heteroatoms. The third-order valence-electron chi connectivity index (χ3n) is 3.42. The van der Waals surface area contributed by atoms with E-state index >= 15 is 0 Å². The number of halogens is 3. The first kappa shape index (κ1) is 22.1. The molecule has 0 atom stereocenters. The van der Waals surface area contributed by atoms with Gasteiger partial charge in [0.2, 0.25) is 0 Å². The molecule has 0 saturated heterocycles. The van der Waals surface area contributed by atoms with Gasteiger partial charge in [-0.3, -0.25) is 0 Å². The van der Waals surface area contributed by atoms with E-state index in [1.807, 2.05) is 19.1 Å². The number of benzene rings is 1. The van der Waals surface area contributed by atoms with Crippen LogP contribution in [0.3, 0.4) is 0 Å². The largest absolute Gasteiger partial charge is 0.357 e. The van der Waals surface area contributed by atoms with Crippen molar-refractivity contribution in [2.75, 3.05) is 13.1 Å². The molecule has 0 saturated carbocycles. The Morgan fingerprint density at radius 2 is 2.12 bits per heavy atom. The number of aliphatic imine (C=N–C) groups is 1. The van der Waals surface area contributed by atoms with Gasteiger partial charge in [-0.2, -0.15) is 5.26 Å². The lowest BCUT2D eigenvalue weighted by molar-refractivity contribution is 0.610. The summed E-state index contributed by atoms with van der Waals surface area (Å²) >= 11 is 5.76. The molecule has 2 aromatic rings. The number of pyridine rings is 1. The zero-order chi connectivity index (χ0) is 18.1. The molecule has 0 aliphatic rings. The average Bonchev–Trinajstić information content (AvgIpc) is 2.62. The number of nitrogens with zero attached hydrogens (tertiary/aromatic N) is 3. The van der Waals surface area contributed by atoms with Gasteiger partial charge in [-0.1, -0.05) is 17.7 Å². The van der Waals surface area contributed by atoms with Crippen LogP contribution in [0.15, 0.2) is 41.5 Å². The van der Waals surface area contributed by atoms with Crippen LogP contribution in [0.5, 0.6) is 0 Å². The van der Waals surface area contributed by atoms with Crippen LogP contribution in [0, 0.1) is 17.1 Å². The molecule has 5 nitrogen and oxygen atoms in total. The highest BCUT2D eigenvalue weighted by Crippen LogP contribution is 2.11. The predicted molar refractivity (Wildman–Crippen MR) is 112 cm³/mol. The smallest absolute Gasteiger partial charge is 0.191 e. The van der Waals surface area contributed by atoms with Gasteiger partial charge >= 0.3 is 0 Å². The van der Waals surface area contributed by atoms with Gasteiger partial charge in [0, 0.05) is 24.8 Å². The van der Waals surface area contributed by atoms with E-state index in [4.69, 9.17) is 16.9 Å². The normalized spacial score (nSPS) is 10.6. The molecule has 0 unspecified atom stereocenters. The van der Waals surface area contributed by atoms with Gasteiger partial charge in [0.15, 0.2) is 5.96 Å². The average molecular weight is 488 g/mol. The number of nitrogens with one attached hydrogen (secondary N) is 2. The summed E-state index contributed by atoms with van der Waals surface area (Å²) in [5.41, 5.74) is 1.86. The molecular formula is C18H20ClFIN5. The van der Waals surface area contributed by atoms with Crippen LogP contribution in [0.4, 0.5) is 4.39 Å². The zero-order valence-electron chi connectivity index (χ0n) is 14.3. The molecule has 0 bridgehead atoms. The minimum Gasteiger partial charge on any atom is -0.357 e. The number of guanidine groups is 1. The molecule has 0 amide bonds. The lowest BCUT2D eigenvalue weighted by atomic mass is 10.1. The van der Waals surface area contributed by atoms with Crippen LogP contribution in [0.1, 0.15) is 23.6 Å². The Kier molecular flexibility index (Phi) is 9.91. The first-order valence-electron chi connectivity index (χ1n) is 7.93. The van der Waals surface area contributed by atoms with E-state index in [0.717, 1.165) is 12.0 Å². The highest BCUT2D eigenvalue weighted by molar-refractivity contribution is 14.0. The second-order valence-electron chi connectivity index (χ2n) is 5.28. The van der Waals surface area contributed by atoms with Crippen molar-refractivity contribution in [2.45, 2.75) is 19.9 Å². The molecule has 2 rings (SSSR count). The van der Waals surface area contributed by atoms with Crippen molar-refractivity contribution in [3.05, 3.63) is 64.2 Å². The fourth-order valence-corrected chi connectivity index (χ4v) is 2.26. The van der Waals surface area contributed by atoms with E-state index in [2.05, 4.69) is 20.6 Å². The van der Waals surface area contributed by atoms with Crippen LogP contribution in [-0.4, -0.2) is 24.0 Å². The molecule has 2 N–H and O–H groups in total. The first-order valence-corrected chi connectivity index (χ1v) is 8.31. The molecule has 1 aromatic heterocycles. The molecule has 1 heterocycles. The van der Waals surface area contributed by atoms with Crippen LogP contribution in [-0.2, 0) is 13.0 Å². The molecular weight excluding hydrogens is 468 g/mol. The number of nitriles is 1. The van der Waals surface area contributed by atoms with Crippen LogP contribution < -0.4 is 10.6 Å². The number of hydrogen-bond donors (Lipinski definition) is 2. The molecule has 0 aliphatic carbocycles. The Labute approximate surface area is 174 Å². The van der Waals surface area contributed by atoms with E-state index in [9.17, 15) is 4.39 Å². The number of rotatable bonds is 6. The molecule has 138 valence electrons. The first-order chi connectivity index (χ1) is 12.1. The maximum atomic E-state index is 13.8. The summed E-state index contributed by atoms with van der Waals surface area (Å²) in [7, 11) is 0. The van der Waals surface area contributed by atoms with Crippen molar-refractivity contribution in [1.82, 2.24) is 15.6 Å². The summed E-state index contributed by atoms with van der Waals surface area (Å²) in [6.07, 6.45) is 2.49. The van der Waals surface area contributed by atoms with E-state index in [1.54, 1.807) is 12.3 Å². The van der Waals surface area contributed by atoms with Crippen molar-refractivity contribution < 1.29 is 4.39 Å². The standard InChI is InChI=1S/C18H19ClFN5.HI/c1-2-22-18(23-8-7-13-4-6-17(19)24-11-13)25-12-15-9-14(10-21)3-5-16(15)20;/h3-6,9,11H,2,7-8,12H2,1H3,(H2,22,23,25);1H.